The minimum absolute atomic E-state index is 0.0131. The van der Waals surface area contributed by atoms with Gasteiger partial charge in [-0.1, -0.05) is 0 Å². The van der Waals surface area contributed by atoms with Gasteiger partial charge < -0.3 is 19.1 Å². The molecule has 0 atom stereocenters. The molecule has 0 saturated carbocycles. The fraction of sp³-hybridized carbons (Fsp3) is 0.333. The summed E-state index contributed by atoms with van der Waals surface area (Å²) in [5.74, 6) is -0.468. The van der Waals surface area contributed by atoms with E-state index >= 15 is 0 Å². The molecule has 1 aliphatic heterocycles. The number of hydrogen-bond acceptors (Lipinski definition) is 8. The zero-order valence-corrected chi connectivity index (χ0v) is 16.8. The minimum Gasteiger partial charge on any atom is -0.497 e. The number of hydrogen-bond donors (Lipinski definition) is 0. The van der Waals surface area contributed by atoms with E-state index in [1.807, 2.05) is 4.90 Å². The molecule has 2 aromatic rings. The number of ketones is 1. The summed E-state index contributed by atoms with van der Waals surface area (Å²) in [6.07, 6.45) is 1.94. The van der Waals surface area contributed by atoms with Crippen molar-refractivity contribution in [2.24, 2.45) is 0 Å². The molecule has 9 heteroatoms. The number of nitro benzene ring substituents is 1. The second-order valence-electron chi connectivity index (χ2n) is 6.72. The molecule has 9 nitrogen and oxygen atoms in total. The molecule has 0 amide bonds. The second-order valence-corrected chi connectivity index (χ2v) is 6.72. The van der Waals surface area contributed by atoms with Crippen LogP contribution in [0.2, 0.25) is 0 Å². The summed E-state index contributed by atoms with van der Waals surface area (Å²) in [7, 11) is 2.91. The van der Waals surface area contributed by atoms with E-state index in [0.717, 1.165) is 25.9 Å². The van der Waals surface area contributed by atoms with Crippen molar-refractivity contribution in [1.82, 2.24) is 0 Å². The number of methoxy groups -OCH3 is 2. The predicted molar refractivity (Wildman–Crippen MR) is 109 cm³/mol. The highest BCUT2D eigenvalue weighted by molar-refractivity contribution is 6.01. The molecule has 1 saturated heterocycles. The minimum atomic E-state index is -0.813. The zero-order chi connectivity index (χ0) is 21.7. The van der Waals surface area contributed by atoms with Crippen LogP contribution in [0.4, 0.5) is 11.4 Å². The molecule has 0 aliphatic carbocycles. The number of anilines is 1. The normalized spacial score (nSPS) is 13.1. The number of esters is 1. The lowest BCUT2D eigenvalue weighted by Crippen LogP contribution is -2.19. The third kappa shape index (κ3) is 4.51. The van der Waals surface area contributed by atoms with Crippen molar-refractivity contribution in [3.05, 3.63) is 57.6 Å². The lowest BCUT2D eigenvalue weighted by Gasteiger charge is -2.17. The monoisotopic (exact) mass is 414 g/mol. The maximum atomic E-state index is 12.5. The molecular weight excluding hydrogens is 392 g/mol. The molecule has 0 unspecified atom stereocenters. The molecule has 1 fully saturated rings. The highest BCUT2D eigenvalue weighted by Crippen LogP contribution is 2.32. The van der Waals surface area contributed by atoms with E-state index < -0.39 is 23.3 Å². The van der Waals surface area contributed by atoms with Crippen LogP contribution in [0.5, 0.6) is 11.5 Å². The molecule has 0 bridgehead atoms. The van der Waals surface area contributed by atoms with E-state index in [1.165, 1.54) is 32.4 Å². The molecule has 1 aliphatic rings. The van der Waals surface area contributed by atoms with Gasteiger partial charge >= 0.3 is 5.97 Å². The van der Waals surface area contributed by atoms with Crippen LogP contribution in [0.1, 0.15) is 33.6 Å². The molecule has 0 radical (unpaired) electrons. The standard InChI is InChI=1S/C21H22N2O7/c1-28-15-6-7-16(20(12-15)29-2)19(24)13-30-21(25)14-5-8-17(18(11-14)23(26)27)22-9-3-4-10-22/h5-8,11-12H,3-4,9-10,13H2,1-2H3. The summed E-state index contributed by atoms with van der Waals surface area (Å²) in [6.45, 7) is 0.953. The highest BCUT2D eigenvalue weighted by Gasteiger charge is 2.24. The van der Waals surface area contributed by atoms with Crippen LogP contribution in [-0.4, -0.2) is 50.6 Å². The van der Waals surface area contributed by atoms with Gasteiger partial charge in [-0.05, 0) is 37.1 Å². The van der Waals surface area contributed by atoms with Crippen molar-refractivity contribution < 1.29 is 28.7 Å². The number of rotatable bonds is 8. The Morgan fingerprint density at radius 3 is 2.43 bits per heavy atom. The largest absolute Gasteiger partial charge is 0.497 e. The van der Waals surface area contributed by atoms with Gasteiger partial charge in [-0.2, -0.15) is 0 Å². The van der Waals surface area contributed by atoms with Gasteiger partial charge in [-0.15, -0.1) is 0 Å². The Morgan fingerprint density at radius 2 is 1.80 bits per heavy atom. The van der Waals surface area contributed by atoms with Crippen molar-refractivity contribution in [3.63, 3.8) is 0 Å². The van der Waals surface area contributed by atoms with Crippen molar-refractivity contribution in [3.8, 4) is 11.5 Å². The Bertz CT molecular complexity index is 968. The summed E-state index contributed by atoms with van der Waals surface area (Å²) in [4.78, 5) is 37.7. The van der Waals surface area contributed by atoms with Crippen molar-refractivity contribution in [1.29, 1.82) is 0 Å². The Morgan fingerprint density at radius 1 is 1.07 bits per heavy atom. The summed E-state index contributed by atoms with van der Waals surface area (Å²) in [6, 6.07) is 8.88. The molecule has 0 aromatic heterocycles. The Kier molecular flexibility index (Phi) is 6.51. The fourth-order valence-corrected chi connectivity index (χ4v) is 3.34. The lowest BCUT2D eigenvalue weighted by molar-refractivity contribution is -0.384. The van der Waals surface area contributed by atoms with Crippen LogP contribution in [0.15, 0.2) is 36.4 Å². The SMILES string of the molecule is COc1ccc(C(=O)COC(=O)c2ccc(N3CCCC3)c([N+](=O)[O-])c2)c(OC)c1. The number of benzene rings is 2. The second kappa shape index (κ2) is 9.25. The molecule has 0 spiro atoms. The molecule has 2 aromatic carbocycles. The maximum absolute atomic E-state index is 12.5. The molecular formula is C21H22N2O7. The van der Waals surface area contributed by atoms with Crippen LogP contribution in [-0.2, 0) is 4.74 Å². The van der Waals surface area contributed by atoms with E-state index in [2.05, 4.69) is 0 Å². The predicted octanol–water partition coefficient (Wildman–Crippen LogP) is 3.25. The van der Waals surface area contributed by atoms with Gasteiger partial charge in [-0.3, -0.25) is 14.9 Å². The third-order valence-corrected chi connectivity index (χ3v) is 4.90. The first kappa shape index (κ1) is 21.1. The number of carbonyl (C=O) groups excluding carboxylic acids is 2. The van der Waals surface area contributed by atoms with E-state index in [1.54, 1.807) is 18.2 Å². The molecule has 30 heavy (non-hydrogen) atoms. The zero-order valence-electron chi connectivity index (χ0n) is 16.8. The summed E-state index contributed by atoms with van der Waals surface area (Å²) < 4.78 is 15.4. The Balaban J connectivity index is 1.72. The first-order valence-corrected chi connectivity index (χ1v) is 9.40. The van der Waals surface area contributed by atoms with Crippen LogP contribution >= 0.6 is 0 Å². The fourth-order valence-electron chi connectivity index (χ4n) is 3.34. The van der Waals surface area contributed by atoms with Crippen molar-refractivity contribution in [2.75, 3.05) is 38.8 Å². The summed E-state index contributed by atoms with van der Waals surface area (Å²) in [5.41, 5.74) is 0.572. The topological polar surface area (TPSA) is 108 Å². The smallest absolute Gasteiger partial charge is 0.338 e. The van der Waals surface area contributed by atoms with Gasteiger partial charge in [0.05, 0.1) is 30.3 Å². The average Bonchev–Trinajstić information content (AvgIpc) is 3.31. The average molecular weight is 414 g/mol. The van der Waals surface area contributed by atoms with Crippen LogP contribution in [0.25, 0.3) is 0 Å². The van der Waals surface area contributed by atoms with Crippen LogP contribution in [0, 0.1) is 10.1 Å². The van der Waals surface area contributed by atoms with Crippen molar-refractivity contribution in [2.45, 2.75) is 12.8 Å². The van der Waals surface area contributed by atoms with E-state index in [-0.39, 0.29) is 16.8 Å². The Labute approximate surface area is 173 Å². The van der Waals surface area contributed by atoms with Crippen molar-refractivity contribution >= 4 is 23.1 Å². The first-order chi connectivity index (χ1) is 14.4. The number of nitrogens with zero attached hydrogens (tertiary/aromatic N) is 2. The highest BCUT2D eigenvalue weighted by atomic mass is 16.6. The van der Waals surface area contributed by atoms with Gasteiger partial charge in [0.15, 0.2) is 6.61 Å². The maximum Gasteiger partial charge on any atom is 0.338 e. The van der Waals surface area contributed by atoms with Gasteiger partial charge in [0.1, 0.15) is 17.2 Å². The van der Waals surface area contributed by atoms with E-state index in [0.29, 0.717) is 17.2 Å². The number of ether oxygens (including phenoxy) is 3. The van der Waals surface area contributed by atoms with Crippen LogP contribution < -0.4 is 14.4 Å². The number of nitro groups is 1. The van der Waals surface area contributed by atoms with Gasteiger partial charge in [0.25, 0.3) is 5.69 Å². The number of Topliss-reactive ketones (excluding diaryl/α,β-unsaturated/α-hetero) is 1. The van der Waals surface area contributed by atoms with Gasteiger partial charge in [0.2, 0.25) is 5.78 Å². The van der Waals surface area contributed by atoms with Crippen LogP contribution in [0.3, 0.4) is 0 Å². The molecule has 0 N–H and O–H groups in total. The quantitative estimate of drug-likeness (QED) is 0.280. The van der Waals surface area contributed by atoms with E-state index in [9.17, 15) is 19.7 Å². The third-order valence-electron chi connectivity index (χ3n) is 4.90. The van der Waals surface area contributed by atoms with Gasteiger partial charge in [-0.25, -0.2) is 4.79 Å². The van der Waals surface area contributed by atoms with E-state index in [4.69, 9.17) is 14.2 Å². The number of carbonyl (C=O) groups is 2. The first-order valence-electron chi connectivity index (χ1n) is 9.40. The summed E-state index contributed by atoms with van der Waals surface area (Å²) >= 11 is 0. The molecule has 1 heterocycles. The summed E-state index contributed by atoms with van der Waals surface area (Å²) in [5, 5.41) is 11.5. The lowest BCUT2D eigenvalue weighted by atomic mass is 10.1. The Hall–Kier alpha value is -3.62. The molecule has 158 valence electrons. The van der Waals surface area contributed by atoms with Gasteiger partial charge in [0, 0.05) is 25.2 Å². The molecule has 3 rings (SSSR count).